The molecule has 3 aliphatic rings. The van der Waals surface area contributed by atoms with Gasteiger partial charge in [0.25, 0.3) is 0 Å². The minimum Gasteiger partial charge on any atom is -0.392 e. The van der Waals surface area contributed by atoms with Crippen molar-refractivity contribution in [3.8, 4) is 0 Å². The number of likely N-dealkylation sites (tertiary alicyclic amines) is 1. The normalized spacial score (nSPS) is 27.4. The Morgan fingerprint density at radius 2 is 2.12 bits per heavy atom. The molecule has 0 radical (unpaired) electrons. The van der Waals surface area contributed by atoms with E-state index in [4.69, 9.17) is 9.26 Å². The van der Waals surface area contributed by atoms with Crippen LogP contribution >= 0.6 is 0 Å². The Kier molecular flexibility index (Phi) is 5.57. The maximum absolute atomic E-state index is 12.4. The van der Waals surface area contributed by atoms with Gasteiger partial charge in [-0.05, 0) is 38.0 Å². The number of carbonyl (C=O) groups excluding carboxylic acids is 1. The minimum absolute atomic E-state index is 0.158. The average molecular weight is 363 g/mol. The van der Waals surface area contributed by atoms with Gasteiger partial charge in [-0.15, -0.1) is 0 Å². The number of hydrogen-bond donors (Lipinski definition) is 2. The molecule has 7 heteroatoms. The van der Waals surface area contributed by atoms with Gasteiger partial charge in [-0.25, -0.2) is 0 Å². The highest BCUT2D eigenvalue weighted by Crippen LogP contribution is 2.27. The first kappa shape index (κ1) is 17.9. The molecule has 0 saturated carbocycles. The van der Waals surface area contributed by atoms with Crippen molar-refractivity contribution in [3.63, 3.8) is 0 Å². The van der Waals surface area contributed by atoms with Crippen molar-refractivity contribution in [2.45, 2.75) is 63.6 Å². The van der Waals surface area contributed by atoms with Gasteiger partial charge >= 0.3 is 0 Å². The fourth-order valence-electron chi connectivity index (χ4n) is 4.38. The fraction of sp³-hybridized carbons (Fsp3) is 0.789. The number of nitrogens with zero attached hydrogens (tertiary/aromatic N) is 2. The summed E-state index contributed by atoms with van der Waals surface area (Å²) in [6, 6.07) is 0.164. The van der Waals surface area contributed by atoms with Gasteiger partial charge in [0.1, 0.15) is 11.5 Å². The van der Waals surface area contributed by atoms with Crippen molar-refractivity contribution >= 4 is 5.91 Å². The Balaban J connectivity index is 1.31. The average Bonchev–Trinajstić information content (AvgIpc) is 3.22. The number of nitrogens with one attached hydrogen (secondary N) is 1. The standard InChI is InChI=1S/C19H29N3O4/c23-15-3-6-22(11-15)12-17-16-10-14(1-2-18(16)26-21-17)20-19(24)9-13-4-7-25-8-5-13/h13-15,23H,1-12H2,(H,20,24)/t14?,15-/m1/s1. The van der Waals surface area contributed by atoms with Gasteiger partial charge in [0.05, 0.1) is 6.10 Å². The van der Waals surface area contributed by atoms with Gasteiger partial charge in [-0.1, -0.05) is 5.16 Å². The van der Waals surface area contributed by atoms with E-state index in [2.05, 4.69) is 15.4 Å². The molecule has 2 saturated heterocycles. The zero-order valence-electron chi connectivity index (χ0n) is 15.3. The number of carbonyl (C=O) groups is 1. The lowest BCUT2D eigenvalue weighted by molar-refractivity contribution is -0.123. The lowest BCUT2D eigenvalue weighted by Gasteiger charge is -2.25. The van der Waals surface area contributed by atoms with Crippen LogP contribution in [-0.2, 0) is 28.9 Å². The maximum Gasteiger partial charge on any atom is 0.220 e. The second-order valence-electron chi connectivity index (χ2n) is 7.98. The number of aliphatic hydroxyl groups is 1. The monoisotopic (exact) mass is 363 g/mol. The Labute approximate surface area is 154 Å². The molecule has 2 aliphatic heterocycles. The van der Waals surface area contributed by atoms with E-state index in [1.54, 1.807) is 0 Å². The highest BCUT2D eigenvalue weighted by atomic mass is 16.5. The maximum atomic E-state index is 12.4. The van der Waals surface area contributed by atoms with Crippen molar-refractivity contribution in [2.75, 3.05) is 26.3 Å². The topological polar surface area (TPSA) is 87.8 Å². The van der Waals surface area contributed by atoms with E-state index < -0.39 is 0 Å². The van der Waals surface area contributed by atoms with E-state index in [0.29, 0.717) is 18.9 Å². The van der Waals surface area contributed by atoms with Gasteiger partial charge in [0.2, 0.25) is 5.91 Å². The summed E-state index contributed by atoms with van der Waals surface area (Å²) in [5, 5.41) is 17.2. The van der Waals surface area contributed by atoms with E-state index >= 15 is 0 Å². The highest BCUT2D eigenvalue weighted by molar-refractivity contribution is 5.76. The number of β-amino-alcohol motifs (C(OH)–C–C–N with tert-alkyl or cyclic N) is 1. The van der Waals surface area contributed by atoms with Crippen LogP contribution in [0.2, 0.25) is 0 Å². The van der Waals surface area contributed by atoms with Crippen molar-refractivity contribution in [1.82, 2.24) is 15.4 Å². The molecular weight excluding hydrogens is 334 g/mol. The van der Waals surface area contributed by atoms with Gasteiger partial charge < -0.3 is 19.7 Å². The molecule has 1 aliphatic carbocycles. The molecule has 4 rings (SSSR count). The van der Waals surface area contributed by atoms with Crippen molar-refractivity contribution in [3.05, 3.63) is 17.0 Å². The smallest absolute Gasteiger partial charge is 0.220 e. The molecule has 0 spiro atoms. The van der Waals surface area contributed by atoms with Gasteiger partial charge in [-0.2, -0.15) is 0 Å². The number of aromatic nitrogens is 1. The molecule has 2 N–H and O–H groups in total. The first-order chi connectivity index (χ1) is 12.7. The molecule has 7 nitrogen and oxygen atoms in total. The minimum atomic E-state index is -0.227. The first-order valence-corrected chi connectivity index (χ1v) is 9.91. The molecule has 26 heavy (non-hydrogen) atoms. The number of ether oxygens (including phenoxy) is 1. The quantitative estimate of drug-likeness (QED) is 0.812. The van der Waals surface area contributed by atoms with Crippen LogP contribution in [0.25, 0.3) is 0 Å². The molecule has 144 valence electrons. The number of fused-ring (bicyclic) bond motifs is 1. The Morgan fingerprint density at radius 3 is 2.88 bits per heavy atom. The lowest BCUT2D eigenvalue weighted by Crippen LogP contribution is -2.40. The lowest BCUT2D eigenvalue weighted by atomic mass is 9.91. The van der Waals surface area contributed by atoms with Crippen LogP contribution in [0.3, 0.4) is 0 Å². The Morgan fingerprint density at radius 1 is 1.27 bits per heavy atom. The molecule has 1 unspecified atom stereocenters. The van der Waals surface area contributed by atoms with Crippen molar-refractivity contribution in [1.29, 1.82) is 0 Å². The number of hydrogen-bond acceptors (Lipinski definition) is 6. The summed E-state index contributed by atoms with van der Waals surface area (Å²) in [6.45, 7) is 3.87. The predicted octanol–water partition coefficient (Wildman–Crippen LogP) is 1.03. The highest BCUT2D eigenvalue weighted by Gasteiger charge is 2.29. The fourth-order valence-corrected chi connectivity index (χ4v) is 4.38. The van der Waals surface area contributed by atoms with Gasteiger partial charge in [0.15, 0.2) is 0 Å². The summed E-state index contributed by atoms with van der Waals surface area (Å²) in [5.74, 6) is 1.58. The third-order valence-corrected chi connectivity index (χ3v) is 5.92. The second kappa shape index (κ2) is 8.06. The van der Waals surface area contributed by atoms with Gasteiger partial charge in [-0.3, -0.25) is 9.69 Å². The molecule has 2 fully saturated rings. The summed E-state index contributed by atoms with van der Waals surface area (Å²) in [5.41, 5.74) is 2.13. The van der Waals surface area contributed by atoms with Crippen LogP contribution in [-0.4, -0.2) is 59.5 Å². The molecule has 1 aromatic rings. The molecule has 1 aromatic heterocycles. The van der Waals surface area contributed by atoms with Crippen LogP contribution in [0.1, 0.15) is 49.1 Å². The predicted molar refractivity (Wildman–Crippen MR) is 94.5 cm³/mol. The number of rotatable bonds is 5. The van der Waals surface area contributed by atoms with Crippen LogP contribution in [0.4, 0.5) is 0 Å². The number of aryl methyl sites for hydroxylation is 1. The van der Waals surface area contributed by atoms with E-state index in [1.807, 2.05) is 0 Å². The van der Waals surface area contributed by atoms with E-state index in [1.165, 1.54) is 0 Å². The second-order valence-corrected chi connectivity index (χ2v) is 7.98. The number of aliphatic hydroxyl groups excluding tert-OH is 1. The number of amides is 1. The van der Waals surface area contributed by atoms with Crippen LogP contribution in [0.5, 0.6) is 0 Å². The third-order valence-electron chi connectivity index (χ3n) is 5.92. The zero-order valence-corrected chi connectivity index (χ0v) is 15.3. The van der Waals surface area contributed by atoms with Crippen LogP contribution in [0, 0.1) is 5.92 Å². The third kappa shape index (κ3) is 4.27. The molecule has 0 bridgehead atoms. The van der Waals surface area contributed by atoms with E-state index in [-0.39, 0.29) is 18.1 Å². The van der Waals surface area contributed by atoms with Crippen molar-refractivity contribution in [2.24, 2.45) is 5.92 Å². The summed E-state index contributed by atoms with van der Waals surface area (Å²) >= 11 is 0. The first-order valence-electron chi connectivity index (χ1n) is 9.91. The summed E-state index contributed by atoms with van der Waals surface area (Å²) in [4.78, 5) is 14.6. The Hall–Kier alpha value is -1.44. The SMILES string of the molecule is O=C(CC1CCOCC1)NC1CCc2onc(CN3CC[C@@H](O)C3)c2C1. The molecule has 0 aromatic carbocycles. The van der Waals surface area contributed by atoms with Crippen molar-refractivity contribution < 1.29 is 19.2 Å². The van der Waals surface area contributed by atoms with E-state index in [9.17, 15) is 9.90 Å². The Bertz CT molecular complexity index is 626. The van der Waals surface area contributed by atoms with Crippen LogP contribution < -0.4 is 5.32 Å². The van der Waals surface area contributed by atoms with Gasteiger partial charge in [0, 0.05) is 57.3 Å². The van der Waals surface area contributed by atoms with E-state index in [0.717, 1.165) is 81.8 Å². The zero-order chi connectivity index (χ0) is 17.9. The largest absolute Gasteiger partial charge is 0.392 e. The van der Waals surface area contributed by atoms with Crippen LogP contribution in [0.15, 0.2) is 4.52 Å². The molecular formula is C19H29N3O4. The summed E-state index contributed by atoms with van der Waals surface area (Å²) < 4.78 is 10.9. The summed E-state index contributed by atoms with van der Waals surface area (Å²) in [6.07, 6.45) is 5.70. The molecule has 3 heterocycles. The molecule has 2 atom stereocenters. The molecule has 1 amide bonds. The summed E-state index contributed by atoms with van der Waals surface area (Å²) in [7, 11) is 0.